The largest absolute Gasteiger partial charge is 0.416 e. The van der Waals surface area contributed by atoms with Gasteiger partial charge in [0.25, 0.3) is 0 Å². The molecule has 0 saturated carbocycles. The van der Waals surface area contributed by atoms with Crippen molar-refractivity contribution in [2.75, 3.05) is 0 Å². The van der Waals surface area contributed by atoms with Crippen LogP contribution in [-0.2, 0) is 16.4 Å². The minimum Gasteiger partial charge on any atom is -0.300 e. The SMILES string of the molecule is CC(=O)CC(C)(C#N)c1ccccc1C(F)(F)F. The Morgan fingerprint density at radius 3 is 2.17 bits per heavy atom. The van der Waals surface area contributed by atoms with Crippen LogP contribution in [-0.4, -0.2) is 5.78 Å². The van der Waals surface area contributed by atoms with E-state index in [1.807, 2.05) is 6.07 Å². The molecule has 0 bridgehead atoms. The Labute approximate surface area is 103 Å². The molecular formula is C13H12F3NO. The molecule has 1 aromatic carbocycles. The molecule has 0 aromatic heterocycles. The summed E-state index contributed by atoms with van der Waals surface area (Å²) in [5, 5.41) is 9.11. The zero-order valence-corrected chi connectivity index (χ0v) is 10.0. The van der Waals surface area contributed by atoms with Crippen molar-refractivity contribution in [3.8, 4) is 6.07 Å². The Morgan fingerprint density at radius 2 is 1.78 bits per heavy atom. The number of rotatable bonds is 3. The van der Waals surface area contributed by atoms with E-state index in [-0.39, 0.29) is 17.8 Å². The van der Waals surface area contributed by atoms with Crippen LogP contribution >= 0.6 is 0 Å². The van der Waals surface area contributed by atoms with Gasteiger partial charge in [0.1, 0.15) is 5.78 Å². The molecule has 0 aliphatic heterocycles. The number of nitrogens with zero attached hydrogens (tertiary/aromatic N) is 1. The molecule has 1 atom stereocenters. The lowest BCUT2D eigenvalue weighted by molar-refractivity contribution is -0.138. The van der Waals surface area contributed by atoms with Crippen LogP contribution in [0.3, 0.4) is 0 Å². The first-order valence-electron chi connectivity index (χ1n) is 5.28. The van der Waals surface area contributed by atoms with E-state index in [0.717, 1.165) is 6.07 Å². The molecule has 0 radical (unpaired) electrons. The van der Waals surface area contributed by atoms with Crippen molar-refractivity contribution in [3.05, 3.63) is 35.4 Å². The second kappa shape index (κ2) is 4.81. The van der Waals surface area contributed by atoms with Gasteiger partial charge in [0.2, 0.25) is 0 Å². The normalized spacial score (nSPS) is 14.7. The molecule has 5 heteroatoms. The molecule has 0 N–H and O–H groups in total. The summed E-state index contributed by atoms with van der Waals surface area (Å²) in [5.74, 6) is -0.323. The summed E-state index contributed by atoms with van der Waals surface area (Å²) in [4.78, 5) is 11.1. The molecule has 18 heavy (non-hydrogen) atoms. The molecule has 0 amide bonds. The smallest absolute Gasteiger partial charge is 0.300 e. The van der Waals surface area contributed by atoms with Crippen molar-refractivity contribution in [2.45, 2.75) is 31.9 Å². The van der Waals surface area contributed by atoms with Gasteiger partial charge in [0.05, 0.1) is 17.0 Å². The number of Topliss-reactive ketones (excluding diaryl/α,β-unsaturated/α-hetero) is 1. The summed E-state index contributed by atoms with van der Waals surface area (Å²) in [5.41, 5.74) is -2.48. The zero-order valence-electron chi connectivity index (χ0n) is 10.0. The van der Waals surface area contributed by atoms with Crippen LogP contribution < -0.4 is 0 Å². The highest BCUT2D eigenvalue weighted by atomic mass is 19.4. The lowest BCUT2D eigenvalue weighted by Gasteiger charge is -2.24. The summed E-state index contributed by atoms with van der Waals surface area (Å²) in [6.45, 7) is 2.60. The Morgan fingerprint density at radius 1 is 1.28 bits per heavy atom. The van der Waals surface area contributed by atoms with E-state index in [2.05, 4.69) is 0 Å². The number of carbonyl (C=O) groups is 1. The molecule has 96 valence electrons. The molecule has 1 aromatic rings. The van der Waals surface area contributed by atoms with Crippen molar-refractivity contribution < 1.29 is 18.0 Å². The van der Waals surface area contributed by atoms with E-state index < -0.39 is 17.2 Å². The lowest BCUT2D eigenvalue weighted by atomic mass is 9.77. The summed E-state index contributed by atoms with van der Waals surface area (Å²) >= 11 is 0. The van der Waals surface area contributed by atoms with Crippen molar-refractivity contribution >= 4 is 5.78 Å². The Hall–Kier alpha value is -1.83. The van der Waals surface area contributed by atoms with Gasteiger partial charge < -0.3 is 0 Å². The first kappa shape index (κ1) is 14.2. The van der Waals surface area contributed by atoms with Crippen LogP contribution in [0, 0.1) is 11.3 Å². The van der Waals surface area contributed by atoms with E-state index in [1.165, 1.54) is 32.0 Å². The van der Waals surface area contributed by atoms with E-state index >= 15 is 0 Å². The molecule has 0 aliphatic carbocycles. The summed E-state index contributed by atoms with van der Waals surface area (Å²) in [6, 6.07) is 6.68. The number of alkyl halides is 3. The van der Waals surface area contributed by atoms with Crippen LogP contribution in [0.1, 0.15) is 31.4 Å². The molecule has 0 heterocycles. The predicted molar refractivity (Wildman–Crippen MR) is 59.7 cm³/mol. The van der Waals surface area contributed by atoms with Crippen molar-refractivity contribution in [2.24, 2.45) is 0 Å². The van der Waals surface area contributed by atoms with Crippen LogP contribution in [0.5, 0.6) is 0 Å². The van der Waals surface area contributed by atoms with Crippen molar-refractivity contribution in [3.63, 3.8) is 0 Å². The summed E-state index contributed by atoms with van der Waals surface area (Å²) < 4.78 is 38.6. The van der Waals surface area contributed by atoms with Crippen LogP contribution in [0.4, 0.5) is 13.2 Å². The molecule has 0 saturated heterocycles. The van der Waals surface area contributed by atoms with E-state index in [0.29, 0.717) is 0 Å². The third kappa shape index (κ3) is 2.89. The summed E-state index contributed by atoms with van der Waals surface area (Å²) in [7, 11) is 0. The molecule has 1 rings (SSSR count). The third-order valence-electron chi connectivity index (χ3n) is 2.68. The van der Waals surface area contributed by atoms with Gasteiger partial charge in [0, 0.05) is 6.42 Å². The number of hydrogen-bond acceptors (Lipinski definition) is 2. The minimum atomic E-state index is -4.54. The number of nitriles is 1. The number of hydrogen-bond donors (Lipinski definition) is 0. The average molecular weight is 255 g/mol. The van der Waals surface area contributed by atoms with Gasteiger partial charge in [-0.25, -0.2) is 0 Å². The molecule has 0 fully saturated rings. The number of ketones is 1. The lowest BCUT2D eigenvalue weighted by Crippen LogP contribution is -2.26. The number of benzene rings is 1. The Kier molecular flexibility index (Phi) is 3.80. The topological polar surface area (TPSA) is 40.9 Å². The van der Waals surface area contributed by atoms with Gasteiger partial charge in [-0.1, -0.05) is 18.2 Å². The first-order chi connectivity index (χ1) is 8.20. The Bertz CT molecular complexity index is 502. The van der Waals surface area contributed by atoms with Gasteiger partial charge in [-0.05, 0) is 25.5 Å². The van der Waals surface area contributed by atoms with Gasteiger partial charge in [-0.2, -0.15) is 18.4 Å². The van der Waals surface area contributed by atoms with Gasteiger partial charge in [-0.15, -0.1) is 0 Å². The highest BCUT2D eigenvalue weighted by molar-refractivity contribution is 5.78. The van der Waals surface area contributed by atoms with Gasteiger partial charge in [0.15, 0.2) is 0 Å². The number of halogens is 3. The van der Waals surface area contributed by atoms with Crippen LogP contribution in [0.15, 0.2) is 24.3 Å². The third-order valence-corrected chi connectivity index (χ3v) is 2.68. The van der Waals surface area contributed by atoms with E-state index in [9.17, 15) is 18.0 Å². The van der Waals surface area contributed by atoms with Gasteiger partial charge >= 0.3 is 6.18 Å². The fraction of sp³-hybridized carbons (Fsp3) is 0.385. The maximum atomic E-state index is 12.9. The average Bonchev–Trinajstić information content (AvgIpc) is 2.27. The fourth-order valence-corrected chi connectivity index (χ4v) is 1.90. The van der Waals surface area contributed by atoms with Gasteiger partial charge in [-0.3, -0.25) is 4.79 Å². The van der Waals surface area contributed by atoms with Crippen molar-refractivity contribution in [1.82, 2.24) is 0 Å². The molecule has 1 unspecified atom stereocenters. The number of carbonyl (C=O) groups excluding carboxylic acids is 1. The maximum Gasteiger partial charge on any atom is 0.416 e. The second-order valence-corrected chi connectivity index (χ2v) is 4.37. The standard InChI is InChI=1S/C13H12F3NO/c1-9(18)7-12(2,8-17)10-5-3-4-6-11(10)13(14,15)16/h3-6H,7H2,1-2H3. The molecule has 2 nitrogen and oxygen atoms in total. The monoisotopic (exact) mass is 255 g/mol. The van der Waals surface area contributed by atoms with E-state index in [4.69, 9.17) is 5.26 Å². The quantitative estimate of drug-likeness (QED) is 0.829. The van der Waals surface area contributed by atoms with Crippen LogP contribution in [0.25, 0.3) is 0 Å². The van der Waals surface area contributed by atoms with E-state index in [1.54, 1.807) is 0 Å². The first-order valence-corrected chi connectivity index (χ1v) is 5.28. The molecule has 0 aliphatic rings. The van der Waals surface area contributed by atoms with Crippen molar-refractivity contribution in [1.29, 1.82) is 5.26 Å². The fourth-order valence-electron chi connectivity index (χ4n) is 1.90. The molecule has 0 spiro atoms. The zero-order chi connectivity index (χ0) is 14.0. The Balaban J connectivity index is 3.40. The molecular weight excluding hydrogens is 243 g/mol. The maximum absolute atomic E-state index is 12.9. The predicted octanol–water partition coefficient (Wildman–Crippen LogP) is 3.47. The highest BCUT2D eigenvalue weighted by Crippen LogP contribution is 2.38. The highest BCUT2D eigenvalue weighted by Gasteiger charge is 2.39. The second-order valence-electron chi connectivity index (χ2n) is 4.37. The summed E-state index contributed by atoms with van der Waals surface area (Å²) in [6.07, 6.45) is -4.78. The minimum absolute atomic E-state index is 0.157. The van der Waals surface area contributed by atoms with Crippen LogP contribution in [0.2, 0.25) is 0 Å².